The standard InChI is InChI=1S/C18H29NO2/c1-12(2)10-15(11-13(3)4)19-17-9-7-8-16(14(17)5)18(20)21-6/h7-9,12-13,15,19H,10-11H2,1-6H3. The highest BCUT2D eigenvalue weighted by atomic mass is 16.5. The number of rotatable bonds is 7. The van der Waals surface area contributed by atoms with Gasteiger partial charge in [0.25, 0.3) is 0 Å². The van der Waals surface area contributed by atoms with Gasteiger partial charge in [0, 0.05) is 11.7 Å². The fraction of sp³-hybridized carbons (Fsp3) is 0.611. The maximum atomic E-state index is 11.8. The van der Waals surface area contributed by atoms with Gasteiger partial charge in [0.2, 0.25) is 0 Å². The molecule has 3 nitrogen and oxygen atoms in total. The molecule has 1 aromatic rings. The van der Waals surface area contributed by atoms with E-state index in [2.05, 4.69) is 33.0 Å². The van der Waals surface area contributed by atoms with E-state index in [1.807, 2.05) is 25.1 Å². The third-order valence-electron chi connectivity index (χ3n) is 3.61. The van der Waals surface area contributed by atoms with Crippen molar-refractivity contribution in [2.24, 2.45) is 11.8 Å². The van der Waals surface area contributed by atoms with Crippen molar-refractivity contribution in [3.8, 4) is 0 Å². The average molecular weight is 291 g/mol. The number of methoxy groups -OCH3 is 1. The van der Waals surface area contributed by atoms with Gasteiger partial charge in [0.15, 0.2) is 0 Å². The number of benzene rings is 1. The van der Waals surface area contributed by atoms with Gasteiger partial charge in [0.05, 0.1) is 12.7 Å². The second kappa shape index (κ2) is 8.06. The van der Waals surface area contributed by atoms with Gasteiger partial charge in [-0.05, 0) is 49.3 Å². The van der Waals surface area contributed by atoms with Crippen molar-refractivity contribution in [2.75, 3.05) is 12.4 Å². The summed E-state index contributed by atoms with van der Waals surface area (Å²) in [5, 5.41) is 3.62. The maximum Gasteiger partial charge on any atom is 0.338 e. The number of carbonyl (C=O) groups excluding carboxylic acids is 1. The predicted molar refractivity (Wildman–Crippen MR) is 88.8 cm³/mol. The van der Waals surface area contributed by atoms with Crippen LogP contribution in [0.25, 0.3) is 0 Å². The molecule has 0 radical (unpaired) electrons. The van der Waals surface area contributed by atoms with Gasteiger partial charge in [-0.15, -0.1) is 0 Å². The molecule has 118 valence electrons. The molecule has 0 aliphatic heterocycles. The van der Waals surface area contributed by atoms with Crippen LogP contribution in [-0.4, -0.2) is 19.1 Å². The molecule has 0 amide bonds. The smallest absolute Gasteiger partial charge is 0.338 e. The first-order chi connectivity index (χ1) is 9.85. The molecule has 1 aromatic carbocycles. The zero-order chi connectivity index (χ0) is 16.0. The first-order valence-electron chi connectivity index (χ1n) is 7.79. The van der Waals surface area contributed by atoms with Gasteiger partial charge in [-0.3, -0.25) is 0 Å². The van der Waals surface area contributed by atoms with E-state index in [1.54, 1.807) is 0 Å². The number of ether oxygens (including phenoxy) is 1. The summed E-state index contributed by atoms with van der Waals surface area (Å²) in [5.74, 6) is 1.01. The van der Waals surface area contributed by atoms with Crippen LogP contribution in [0, 0.1) is 18.8 Å². The molecule has 0 bridgehead atoms. The number of hydrogen-bond acceptors (Lipinski definition) is 3. The van der Waals surface area contributed by atoms with Crippen molar-refractivity contribution in [1.29, 1.82) is 0 Å². The minimum absolute atomic E-state index is 0.277. The third kappa shape index (κ3) is 5.41. The van der Waals surface area contributed by atoms with Crippen LogP contribution in [0.2, 0.25) is 0 Å². The van der Waals surface area contributed by atoms with E-state index in [1.165, 1.54) is 7.11 Å². The highest BCUT2D eigenvalue weighted by molar-refractivity contribution is 5.92. The summed E-state index contributed by atoms with van der Waals surface area (Å²) >= 11 is 0. The van der Waals surface area contributed by atoms with E-state index < -0.39 is 0 Å². The minimum atomic E-state index is -0.277. The van der Waals surface area contributed by atoms with Crippen LogP contribution in [0.4, 0.5) is 5.69 Å². The van der Waals surface area contributed by atoms with Crippen molar-refractivity contribution in [2.45, 2.75) is 53.5 Å². The first-order valence-corrected chi connectivity index (χ1v) is 7.79. The molecule has 0 spiro atoms. The van der Waals surface area contributed by atoms with Gasteiger partial charge >= 0.3 is 5.97 Å². The molecule has 1 N–H and O–H groups in total. The van der Waals surface area contributed by atoms with E-state index in [4.69, 9.17) is 4.74 Å². The molecule has 0 saturated carbocycles. The Bertz CT molecular complexity index is 456. The lowest BCUT2D eigenvalue weighted by molar-refractivity contribution is 0.0600. The van der Waals surface area contributed by atoms with Gasteiger partial charge in [-0.2, -0.15) is 0 Å². The molecule has 0 unspecified atom stereocenters. The summed E-state index contributed by atoms with van der Waals surface area (Å²) in [7, 11) is 1.42. The minimum Gasteiger partial charge on any atom is -0.465 e. The molecule has 0 saturated heterocycles. The highest BCUT2D eigenvalue weighted by Gasteiger charge is 2.16. The van der Waals surface area contributed by atoms with Crippen LogP contribution in [0.1, 0.15) is 56.5 Å². The molecule has 0 aliphatic rings. The first kappa shape index (κ1) is 17.5. The maximum absolute atomic E-state index is 11.8. The van der Waals surface area contributed by atoms with Crippen molar-refractivity contribution >= 4 is 11.7 Å². The molecular formula is C18H29NO2. The summed E-state index contributed by atoms with van der Waals surface area (Å²) in [6.45, 7) is 10.9. The second-order valence-electron chi connectivity index (χ2n) is 6.57. The molecule has 1 rings (SSSR count). The van der Waals surface area contributed by atoms with Gasteiger partial charge in [-0.25, -0.2) is 4.79 Å². The molecule has 0 aliphatic carbocycles. The topological polar surface area (TPSA) is 38.3 Å². The van der Waals surface area contributed by atoms with E-state index in [0.717, 1.165) is 24.1 Å². The Morgan fingerprint density at radius 2 is 1.71 bits per heavy atom. The molecule has 0 heterocycles. The second-order valence-corrected chi connectivity index (χ2v) is 6.57. The Labute approximate surface area is 129 Å². The summed E-state index contributed by atoms with van der Waals surface area (Å²) in [6.07, 6.45) is 2.25. The van der Waals surface area contributed by atoms with Crippen LogP contribution < -0.4 is 5.32 Å². The Kier molecular flexibility index (Phi) is 6.73. The summed E-state index contributed by atoms with van der Waals surface area (Å²) < 4.78 is 4.84. The number of nitrogens with one attached hydrogen (secondary N) is 1. The molecule has 21 heavy (non-hydrogen) atoms. The summed E-state index contributed by atoms with van der Waals surface area (Å²) in [4.78, 5) is 11.8. The Morgan fingerprint density at radius 1 is 1.14 bits per heavy atom. The van der Waals surface area contributed by atoms with E-state index in [-0.39, 0.29) is 5.97 Å². The fourth-order valence-electron chi connectivity index (χ4n) is 2.70. The normalized spacial score (nSPS) is 11.3. The quantitative estimate of drug-likeness (QED) is 0.743. The lowest BCUT2D eigenvalue weighted by Crippen LogP contribution is -2.24. The van der Waals surface area contributed by atoms with Gasteiger partial charge < -0.3 is 10.1 Å². The zero-order valence-electron chi connectivity index (χ0n) is 14.2. The molecule has 0 atom stereocenters. The van der Waals surface area contributed by atoms with Gasteiger partial charge in [0.1, 0.15) is 0 Å². The van der Waals surface area contributed by atoms with Crippen LogP contribution in [-0.2, 0) is 4.74 Å². The van der Waals surface area contributed by atoms with Crippen LogP contribution in [0.15, 0.2) is 18.2 Å². The largest absolute Gasteiger partial charge is 0.465 e. The number of anilines is 1. The van der Waals surface area contributed by atoms with Crippen LogP contribution in [0.5, 0.6) is 0 Å². The predicted octanol–water partition coefficient (Wildman–Crippen LogP) is 4.65. The summed E-state index contributed by atoms with van der Waals surface area (Å²) in [5.41, 5.74) is 2.63. The van der Waals surface area contributed by atoms with Gasteiger partial charge in [-0.1, -0.05) is 33.8 Å². The Morgan fingerprint density at radius 3 is 2.19 bits per heavy atom. The zero-order valence-corrected chi connectivity index (χ0v) is 14.2. The number of hydrogen-bond donors (Lipinski definition) is 1. The van der Waals surface area contributed by atoms with Crippen molar-refractivity contribution in [3.05, 3.63) is 29.3 Å². The fourth-order valence-corrected chi connectivity index (χ4v) is 2.70. The Balaban J connectivity index is 2.95. The third-order valence-corrected chi connectivity index (χ3v) is 3.61. The molecule has 0 fully saturated rings. The van der Waals surface area contributed by atoms with E-state index in [9.17, 15) is 4.79 Å². The highest BCUT2D eigenvalue weighted by Crippen LogP contribution is 2.24. The number of carbonyl (C=O) groups is 1. The van der Waals surface area contributed by atoms with E-state index >= 15 is 0 Å². The van der Waals surface area contributed by atoms with Crippen molar-refractivity contribution in [3.63, 3.8) is 0 Å². The summed E-state index contributed by atoms with van der Waals surface area (Å²) in [6, 6.07) is 6.18. The Hall–Kier alpha value is -1.51. The molecule has 3 heteroatoms. The van der Waals surface area contributed by atoms with Crippen LogP contribution in [0.3, 0.4) is 0 Å². The number of esters is 1. The van der Waals surface area contributed by atoms with Crippen molar-refractivity contribution < 1.29 is 9.53 Å². The lowest BCUT2D eigenvalue weighted by atomic mass is 9.95. The SMILES string of the molecule is COC(=O)c1cccc(NC(CC(C)C)CC(C)C)c1C. The van der Waals surface area contributed by atoms with Crippen molar-refractivity contribution in [1.82, 2.24) is 0 Å². The molecular weight excluding hydrogens is 262 g/mol. The van der Waals surface area contributed by atoms with Crippen LogP contribution >= 0.6 is 0 Å². The monoisotopic (exact) mass is 291 g/mol. The molecule has 0 aromatic heterocycles. The lowest BCUT2D eigenvalue weighted by Gasteiger charge is -2.25. The average Bonchev–Trinajstić information content (AvgIpc) is 2.38. The van der Waals surface area contributed by atoms with E-state index in [0.29, 0.717) is 23.4 Å².